The highest BCUT2D eigenvalue weighted by atomic mass is 32.2. The van der Waals surface area contributed by atoms with E-state index in [1.165, 1.54) is 11.6 Å². The summed E-state index contributed by atoms with van der Waals surface area (Å²) in [5, 5.41) is 9.13. The molecule has 0 amide bonds. The van der Waals surface area contributed by atoms with Crippen molar-refractivity contribution >= 4 is 35.6 Å². The van der Waals surface area contributed by atoms with E-state index in [0.717, 1.165) is 28.6 Å². The smallest absolute Gasteiger partial charge is 0.348 e. The third-order valence-electron chi connectivity index (χ3n) is 3.34. The second-order valence-corrected chi connectivity index (χ2v) is 7.55. The number of carbonyl (C=O) groups excluding carboxylic acids is 1. The minimum absolute atomic E-state index is 0.0122. The van der Waals surface area contributed by atoms with Gasteiger partial charge in [-0.15, -0.1) is 0 Å². The summed E-state index contributed by atoms with van der Waals surface area (Å²) in [6.07, 6.45) is 1.68. The van der Waals surface area contributed by atoms with Gasteiger partial charge in [-0.25, -0.2) is 4.79 Å². The van der Waals surface area contributed by atoms with Gasteiger partial charge in [-0.3, -0.25) is 0 Å². The Morgan fingerprint density at radius 3 is 2.56 bits per heavy atom. The van der Waals surface area contributed by atoms with Crippen LogP contribution < -0.4 is 0 Å². The second-order valence-electron chi connectivity index (χ2n) is 5.49. The average Bonchev–Trinajstić information content (AvgIpc) is 2.61. The number of carbonyl (C=O) groups is 1. The van der Waals surface area contributed by atoms with Gasteiger partial charge in [0.15, 0.2) is 0 Å². The normalized spacial score (nSPS) is 16.6. The Kier molecular flexibility index (Phi) is 8.67. The number of hydrogen-bond acceptors (Lipinski definition) is 6. The molecule has 0 atom stereocenters. The van der Waals surface area contributed by atoms with E-state index in [0.29, 0.717) is 6.61 Å². The van der Waals surface area contributed by atoms with Crippen molar-refractivity contribution in [3.05, 3.63) is 53.6 Å². The van der Waals surface area contributed by atoms with Gasteiger partial charge in [-0.1, -0.05) is 42.5 Å². The molecule has 6 heteroatoms. The van der Waals surface area contributed by atoms with E-state index >= 15 is 0 Å². The quantitative estimate of drug-likeness (QED) is 0.249. The summed E-state index contributed by atoms with van der Waals surface area (Å²) in [5.74, 6) is 3.15. The van der Waals surface area contributed by atoms with Crippen LogP contribution in [0.4, 0.5) is 0 Å². The molecule has 0 aromatic heterocycles. The second kappa shape index (κ2) is 11.0. The first-order valence-corrected chi connectivity index (χ1v) is 10.3. The molecule has 1 fully saturated rings. The highest BCUT2D eigenvalue weighted by molar-refractivity contribution is 8.01. The summed E-state index contributed by atoms with van der Waals surface area (Å²) < 4.78 is 10.9. The number of nitrogens with zero attached hydrogens (tertiary/aromatic N) is 1. The van der Waals surface area contributed by atoms with Crippen LogP contribution in [0, 0.1) is 11.3 Å². The molecule has 1 aliphatic rings. The van der Waals surface area contributed by atoms with Crippen LogP contribution in [0.1, 0.15) is 5.56 Å². The SMILES string of the molecule is C=C1CSCC(OCCOC(=O)/C(C#N)=C/c2ccccc2)CSC1. The molecule has 0 bridgehead atoms. The molecule has 0 unspecified atom stereocenters. The number of ether oxygens (including phenoxy) is 2. The highest BCUT2D eigenvalue weighted by Crippen LogP contribution is 2.20. The predicted octanol–water partition coefficient (Wildman–Crippen LogP) is 3.56. The molecular weight excluding hydrogens is 354 g/mol. The number of hydrogen-bond donors (Lipinski definition) is 0. The van der Waals surface area contributed by atoms with Gasteiger partial charge in [0.05, 0.1) is 12.7 Å². The largest absolute Gasteiger partial charge is 0.459 e. The van der Waals surface area contributed by atoms with Gasteiger partial charge in [-0.2, -0.15) is 28.8 Å². The number of thioether (sulfide) groups is 2. The lowest BCUT2D eigenvalue weighted by molar-refractivity contribution is -0.140. The van der Waals surface area contributed by atoms with Crippen molar-refractivity contribution in [2.75, 3.05) is 36.2 Å². The molecule has 1 saturated heterocycles. The minimum atomic E-state index is -0.618. The maximum Gasteiger partial charge on any atom is 0.348 e. The van der Waals surface area contributed by atoms with E-state index in [-0.39, 0.29) is 18.3 Å². The summed E-state index contributed by atoms with van der Waals surface area (Å²) in [5.41, 5.74) is 2.04. The first kappa shape index (κ1) is 19.6. The molecule has 0 saturated carbocycles. The molecule has 1 heterocycles. The van der Waals surface area contributed by atoms with E-state index in [2.05, 4.69) is 6.58 Å². The molecule has 0 radical (unpaired) electrons. The third-order valence-corrected chi connectivity index (χ3v) is 5.78. The lowest BCUT2D eigenvalue weighted by Gasteiger charge is -2.20. The third kappa shape index (κ3) is 7.39. The number of nitriles is 1. The van der Waals surface area contributed by atoms with Crippen LogP contribution in [0.3, 0.4) is 0 Å². The van der Waals surface area contributed by atoms with Crippen molar-refractivity contribution in [3.8, 4) is 6.07 Å². The van der Waals surface area contributed by atoms with Crippen molar-refractivity contribution in [3.63, 3.8) is 0 Å². The lowest BCUT2D eigenvalue weighted by atomic mass is 10.1. The topological polar surface area (TPSA) is 59.3 Å². The van der Waals surface area contributed by atoms with Crippen LogP contribution in [0.15, 0.2) is 48.1 Å². The number of esters is 1. The van der Waals surface area contributed by atoms with Crippen LogP contribution in [0.5, 0.6) is 0 Å². The van der Waals surface area contributed by atoms with E-state index in [1.54, 1.807) is 0 Å². The zero-order chi connectivity index (χ0) is 17.9. The van der Waals surface area contributed by atoms with Gasteiger partial charge in [0.2, 0.25) is 0 Å². The van der Waals surface area contributed by atoms with E-state index in [4.69, 9.17) is 14.7 Å². The fraction of sp³-hybridized carbons (Fsp3) is 0.368. The fourth-order valence-corrected chi connectivity index (χ4v) is 4.38. The summed E-state index contributed by atoms with van der Waals surface area (Å²) >= 11 is 3.64. The van der Waals surface area contributed by atoms with Gasteiger partial charge in [-0.05, 0) is 11.6 Å². The molecule has 1 aromatic rings. The van der Waals surface area contributed by atoms with Crippen LogP contribution in [0.25, 0.3) is 6.08 Å². The Labute approximate surface area is 157 Å². The predicted molar refractivity (Wildman–Crippen MR) is 105 cm³/mol. The Morgan fingerprint density at radius 1 is 1.24 bits per heavy atom. The molecule has 25 heavy (non-hydrogen) atoms. The van der Waals surface area contributed by atoms with Crippen molar-refractivity contribution in [1.29, 1.82) is 5.26 Å². The van der Waals surface area contributed by atoms with E-state index in [1.807, 2.05) is 59.9 Å². The number of benzene rings is 1. The zero-order valence-corrected chi connectivity index (χ0v) is 15.6. The van der Waals surface area contributed by atoms with Gasteiger partial charge >= 0.3 is 5.97 Å². The molecule has 0 N–H and O–H groups in total. The molecule has 132 valence electrons. The summed E-state index contributed by atoms with van der Waals surface area (Å²) in [6.45, 7) is 4.50. The van der Waals surface area contributed by atoms with Crippen LogP contribution >= 0.6 is 23.5 Å². The van der Waals surface area contributed by atoms with Crippen LogP contribution in [-0.4, -0.2) is 48.3 Å². The highest BCUT2D eigenvalue weighted by Gasteiger charge is 2.15. The van der Waals surface area contributed by atoms with Crippen molar-refractivity contribution in [1.82, 2.24) is 0 Å². The van der Waals surface area contributed by atoms with Crippen molar-refractivity contribution in [2.24, 2.45) is 0 Å². The first-order chi connectivity index (χ1) is 12.2. The molecular formula is C19H21NO3S2. The van der Waals surface area contributed by atoms with Gasteiger partial charge in [0, 0.05) is 23.0 Å². The fourth-order valence-electron chi connectivity index (χ4n) is 2.14. The Morgan fingerprint density at radius 2 is 1.92 bits per heavy atom. The Hall–Kier alpha value is -1.68. The Bertz CT molecular complexity index is 640. The van der Waals surface area contributed by atoms with E-state index in [9.17, 15) is 4.79 Å². The number of rotatable bonds is 6. The monoisotopic (exact) mass is 375 g/mol. The van der Waals surface area contributed by atoms with Crippen molar-refractivity contribution < 1.29 is 14.3 Å². The molecule has 1 aliphatic heterocycles. The molecule has 4 nitrogen and oxygen atoms in total. The van der Waals surface area contributed by atoms with Gasteiger partial charge in [0.1, 0.15) is 18.2 Å². The Balaban J connectivity index is 1.73. The lowest BCUT2D eigenvalue weighted by Crippen LogP contribution is -2.24. The van der Waals surface area contributed by atoms with Gasteiger partial charge in [0.25, 0.3) is 0 Å². The molecule has 0 aliphatic carbocycles. The van der Waals surface area contributed by atoms with Gasteiger partial charge < -0.3 is 9.47 Å². The first-order valence-electron chi connectivity index (χ1n) is 7.96. The average molecular weight is 376 g/mol. The van der Waals surface area contributed by atoms with E-state index < -0.39 is 5.97 Å². The maximum absolute atomic E-state index is 12.0. The summed E-state index contributed by atoms with van der Waals surface area (Å²) in [7, 11) is 0. The zero-order valence-electron chi connectivity index (χ0n) is 14.0. The van der Waals surface area contributed by atoms with Crippen LogP contribution in [-0.2, 0) is 14.3 Å². The molecule has 1 aromatic carbocycles. The van der Waals surface area contributed by atoms with Crippen LogP contribution in [0.2, 0.25) is 0 Å². The molecule has 0 spiro atoms. The summed E-state index contributed by atoms with van der Waals surface area (Å²) in [6, 6.07) is 11.1. The van der Waals surface area contributed by atoms with Crippen molar-refractivity contribution in [2.45, 2.75) is 6.10 Å². The molecule has 2 rings (SSSR count). The standard InChI is InChI=1S/C19H21NO3S2/c1-15-11-24-13-18(14-25-12-15)22-7-8-23-19(21)17(10-20)9-16-5-3-2-4-6-16/h2-6,9,18H,1,7-8,11-14H2/b17-9+. The minimum Gasteiger partial charge on any atom is -0.459 e. The maximum atomic E-state index is 12.0. The summed E-state index contributed by atoms with van der Waals surface area (Å²) in [4.78, 5) is 12.0.